The first-order chi connectivity index (χ1) is 9.59. The Morgan fingerprint density at radius 1 is 0.950 bits per heavy atom. The summed E-state index contributed by atoms with van der Waals surface area (Å²) in [6, 6.07) is 0. The Morgan fingerprint density at radius 2 is 1.45 bits per heavy atom. The van der Waals surface area contributed by atoms with E-state index in [0.717, 1.165) is 44.7 Å². The van der Waals surface area contributed by atoms with E-state index in [-0.39, 0.29) is 5.54 Å². The van der Waals surface area contributed by atoms with Crippen LogP contribution in [0.15, 0.2) is 0 Å². The zero-order valence-corrected chi connectivity index (χ0v) is 14.4. The average molecular weight is 281 g/mol. The van der Waals surface area contributed by atoms with Crippen molar-refractivity contribution < 1.29 is 4.79 Å². The van der Waals surface area contributed by atoms with Crippen molar-refractivity contribution in [1.82, 2.24) is 4.90 Å². The summed E-state index contributed by atoms with van der Waals surface area (Å²) in [5.41, 5.74) is -0.201. The predicted octanol–water partition coefficient (Wildman–Crippen LogP) is 4.67. The molecule has 0 spiro atoms. The Labute approximate surface area is 126 Å². The molecule has 0 heterocycles. The van der Waals surface area contributed by atoms with Crippen LogP contribution in [-0.4, -0.2) is 29.3 Å². The molecular formula is C18H35NO. The van der Waals surface area contributed by atoms with Gasteiger partial charge in [-0.25, -0.2) is 0 Å². The minimum absolute atomic E-state index is 0.201. The van der Waals surface area contributed by atoms with Gasteiger partial charge < -0.3 is 0 Å². The van der Waals surface area contributed by atoms with Gasteiger partial charge in [-0.15, -0.1) is 0 Å². The van der Waals surface area contributed by atoms with Crippen molar-refractivity contribution in [3.8, 4) is 0 Å². The van der Waals surface area contributed by atoms with Gasteiger partial charge >= 0.3 is 0 Å². The van der Waals surface area contributed by atoms with Crippen LogP contribution in [0.4, 0.5) is 0 Å². The Morgan fingerprint density at radius 3 is 1.80 bits per heavy atom. The lowest BCUT2D eigenvalue weighted by molar-refractivity contribution is -0.137. The highest BCUT2D eigenvalue weighted by molar-refractivity contribution is 5.90. The molecule has 1 aliphatic rings. The largest absolute Gasteiger partial charge is 0.297 e. The topological polar surface area (TPSA) is 20.3 Å². The Kier molecular flexibility index (Phi) is 7.22. The second kappa shape index (κ2) is 8.17. The highest BCUT2D eigenvalue weighted by Gasteiger charge is 2.43. The monoisotopic (exact) mass is 281 g/mol. The van der Waals surface area contributed by atoms with E-state index < -0.39 is 0 Å². The van der Waals surface area contributed by atoms with E-state index in [0.29, 0.717) is 11.7 Å². The molecule has 0 aromatic carbocycles. The van der Waals surface area contributed by atoms with Gasteiger partial charge in [0.05, 0.1) is 5.54 Å². The Bertz CT molecular complexity index is 284. The van der Waals surface area contributed by atoms with E-state index in [9.17, 15) is 4.79 Å². The fourth-order valence-corrected chi connectivity index (χ4v) is 4.24. The van der Waals surface area contributed by atoms with E-state index in [1.54, 1.807) is 0 Å². The zero-order chi connectivity index (χ0) is 15.2. The van der Waals surface area contributed by atoms with Gasteiger partial charge in [0, 0.05) is 5.92 Å². The van der Waals surface area contributed by atoms with E-state index in [2.05, 4.69) is 39.5 Å². The number of carbonyl (C=O) groups is 1. The van der Waals surface area contributed by atoms with Gasteiger partial charge in [-0.1, -0.05) is 41.0 Å². The van der Waals surface area contributed by atoms with E-state index >= 15 is 0 Å². The SMILES string of the molecule is CCC1CCC(C(=O)C(CC)(CC)N(CC)CC)CC1. The first kappa shape index (κ1) is 17.7. The summed E-state index contributed by atoms with van der Waals surface area (Å²) >= 11 is 0. The fourth-order valence-electron chi connectivity index (χ4n) is 4.24. The lowest BCUT2D eigenvalue weighted by Gasteiger charge is -2.44. The molecule has 0 atom stereocenters. The van der Waals surface area contributed by atoms with Crippen molar-refractivity contribution in [2.45, 2.75) is 85.1 Å². The molecule has 0 amide bonds. The third kappa shape index (κ3) is 3.44. The molecule has 2 nitrogen and oxygen atoms in total. The number of nitrogens with zero attached hydrogens (tertiary/aromatic N) is 1. The van der Waals surface area contributed by atoms with Crippen LogP contribution in [0.3, 0.4) is 0 Å². The van der Waals surface area contributed by atoms with E-state index in [1.165, 1.54) is 19.3 Å². The summed E-state index contributed by atoms with van der Waals surface area (Å²) in [5.74, 6) is 1.73. The van der Waals surface area contributed by atoms with Gasteiger partial charge in [-0.2, -0.15) is 0 Å². The van der Waals surface area contributed by atoms with E-state index in [1.807, 2.05) is 0 Å². The molecule has 0 radical (unpaired) electrons. The zero-order valence-electron chi connectivity index (χ0n) is 14.4. The van der Waals surface area contributed by atoms with Crippen molar-refractivity contribution in [3.05, 3.63) is 0 Å². The van der Waals surface area contributed by atoms with Gasteiger partial charge in [-0.3, -0.25) is 9.69 Å². The van der Waals surface area contributed by atoms with Gasteiger partial charge in [0.15, 0.2) is 5.78 Å². The predicted molar refractivity (Wildman–Crippen MR) is 87.0 cm³/mol. The number of ketones is 1. The third-order valence-corrected chi connectivity index (χ3v) is 5.79. The summed E-state index contributed by atoms with van der Waals surface area (Å²) in [6.45, 7) is 13.0. The van der Waals surface area contributed by atoms with Crippen LogP contribution in [-0.2, 0) is 4.79 Å². The van der Waals surface area contributed by atoms with Crippen LogP contribution in [0.2, 0.25) is 0 Å². The first-order valence-electron chi connectivity index (χ1n) is 8.88. The molecule has 0 aromatic rings. The van der Waals surface area contributed by atoms with Crippen LogP contribution in [0.25, 0.3) is 0 Å². The average Bonchev–Trinajstić information content (AvgIpc) is 2.52. The molecular weight excluding hydrogens is 246 g/mol. The minimum Gasteiger partial charge on any atom is -0.297 e. The molecule has 1 rings (SSSR count). The summed E-state index contributed by atoms with van der Waals surface area (Å²) < 4.78 is 0. The molecule has 0 unspecified atom stereocenters. The quantitative estimate of drug-likeness (QED) is 0.644. The van der Waals surface area contributed by atoms with Crippen molar-refractivity contribution in [2.24, 2.45) is 11.8 Å². The molecule has 0 saturated heterocycles. The molecule has 1 saturated carbocycles. The number of hydrogen-bond acceptors (Lipinski definition) is 2. The fraction of sp³-hybridized carbons (Fsp3) is 0.944. The van der Waals surface area contributed by atoms with Gasteiger partial charge in [-0.05, 0) is 57.5 Å². The van der Waals surface area contributed by atoms with Crippen LogP contribution in [0.1, 0.15) is 79.6 Å². The van der Waals surface area contributed by atoms with Gasteiger partial charge in [0.2, 0.25) is 0 Å². The van der Waals surface area contributed by atoms with Crippen LogP contribution in [0.5, 0.6) is 0 Å². The highest BCUT2D eigenvalue weighted by atomic mass is 16.1. The summed E-state index contributed by atoms with van der Waals surface area (Å²) in [7, 11) is 0. The molecule has 0 N–H and O–H groups in total. The number of Topliss-reactive ketones (excluding diaryl/α,β-unsaturated/α-hetero) is 1. The molecule has 118 valence electrons. The maximum absolute atomic E-state index is 13.2. The molecule has 20 heavy (non-hydrogen) atoms. The van der Waals surface area contributed by atoms with Crippen molar-refractivity contribution in [3.63, 3.8) is 0 Å². The normalized spacial score (nSPS) is 24.1. The highest BCUT2D eigenvalue weighted by Crippen LogP contribution is 2.37. The number of hydrogen-bond donors (Lipinski definition) is 0. The first-order valence-corrected chi connectivity index (χ1v) is 8.88. The van der Waals surface area contributed by atoms with Crippen LogP contribution in [0, 0.1) is 11.8 Å². The lowest BCUT2D eigenvalue weighted by Crippen LogP contribution is -2.56. The maximum Gasteiger partial charge on any atom is 0.156 e. The van der Waals surface area contributed by atoms with Crippen molar-refractivity contribution >= 4 is 5.78 Å². The number of rotatable bonds is 8. The second-order valence-electron chi connectivity index (χ2n) is 6.40. The van der Waals surface area contributed by atoms with Crippen molar-refractivity contribution in [2.75, 3.05) is 13.1 Å². The smallest absolute Gasteiger partial charge is 0.156 e. The molecule has 0 aliphatic heterocycles. The molecule has 0 aromatic heterocycles. The number of likely N-dealkylation sites (N-methyl/N-ethyl adjacent to an activating group) is 1. The lowest BCUT2D eigenvalue weighted by atomic mass is 9.72. The molecule has 1 aliphatic carbocycles. The Hall–Kier alpha value is -0.370. The van der Waals surface area contributed by atoms with Gasteiger partial charge in [0.1, 0.15) is 0 Å². The van der Waals surface area contributed by atoms with Gasteiger partial charge in [0.25, 0.3) is 0 Å². The maximum atomic E-state index is 13.2. The molecule has 0 bridgehead atoms. The summed E-state index contributed by atoms with van der Waals surface area (Å²) in [5, 5.41) is 0. The minimum atomic E-state index is -0.201. The second-order valence-corrected chi connectivity index (χ2v) is 6.40. The van der Waals surface area contributed by atoms with Crippen LogP contribution >= 0.6 is 0 Å². The Balaban J connectivity index is 2.84. The summed E-state index contributed by atoms with van der Waals surface area (Å²) in [6.07, 6.45) is 7.96. The standard InChI is InChI=1S/C18H35NO/c1-6-15-11-13-16(14-12-15)17(20)18(7-2,8-3)19(9-4)10-5/h15-16H,6-14H2,1-5H3. The van der Waals surface area contributed by atoms with Crippen LogP contribution < -0.4 is 0 Å². The summed E-state index contributed by atoms with van der Waals surface area (Å²) in [4.78, 5) is 15.6. The molecule has 1 fully saturated rings. The number of carbonyl (C=O) groups excluding carboxylic acids is 1. The van der Waals surface area contributed by atoms with E-state index in [4.69, 9.17) is 0 Å². The molecule has 2 heteroatoms. The third-order valence-electron chi connectivity index (χ3n) is 5.79. The van der Waals surface area contributed by atoms with Crippen molar-refractivity contribution in [1.29, 1.82) is 0 Å².